The van der Waals surface area contributed by atoms with Crippen molar-refractivity contribution in [3.8, 4) is 11.5 Å². The Morgan fingerprint density at radius 3 is 2.52 bits per heavy atom. The van der Waals surface area contributed by atoms with Crippen LogP contribution in [0.3, 0.4) is 0 Å². The van der Waals surface area contributed by atoms with Crippen LogP contribution >= 0.6 is 0 Å². The summed E-state index contributed by atoms with van der Waals surface area (Å²) in [5, 5.41) is 12.1. The number of ether oxygens (including phenoxy) is 2. The van der Waals surface area contributed by atoms with E-state index in [2.05, 4.69) is 5.32 Å². The molecule has 0 saturated carbocycles. The maximum Gasteiger partial charge on any atom is 0.326 e. The van der Waals surface area contributed by atoms with E-state index in [0.717, 1.165) is 0 Å². The first-order valence-corrected chi connectivity index (χ1v) is 8.82. The Morgan fingerprint density at radius 2 is 1.93 bits per heavy atom. The number of aromatic nitrogens is 1. The van der Waals surface area contributed by atoms with Gasteiger partial charge in [-0.05, 0) is 25.3 Å². The van der Waals surface area contributed by atoms with Crippen molar-refractivity contribution in [1.29, 1.82) is 0 Å². The fourth-order valence-corrected chi connectivity index (χ4v) is 3.13. The molecule has 2 N–H and O–H groups in total. The third-order valence-corrected chi connectivity index (χ3v) is 4.47. The molecule has 1 amide bonds. The van der Waals surface area contributed by atoms with Gasteiger partial charge in [-0.15, -0.1) is 0 Å². The zero-order valence-electron chi connectivity index (χ0n) is 15.4. The highest BCUT2D eigenvalue weighted by Gasteiger charge is 2.25. The first-order chi connectivity index (χ1) is 12.8. The van der Waals surface area contributed by atoms with Crippen molar-refractivity contribution >= 4 is 22.8 Å². The van der Waals surface area contributed by atoms with Crippen LogP contribution in [0.1, 0.15) is 37.6 Å². The van der Waals surface area contributed by atoms with E-state index in [4.69, 9.17) is 9.47 Å². The number of hydrogen-bond donors (Lipinski definition) is 2. The van der Waals surface area contributed by atoms with Crippen LogP contribution in [0.2, 0.25) is 0 Å². The highest BCUT2D eigenvalue weighted by molar-refractivity contribution is 5.99. The van der Waals surface area contributed by atoms with Gasteiger partial charge in [0.05, 0.1) is 10.9 Å². The van der Waals surface area contributed by atoms with Gasteiger partial charge in [-0.2, -0.15) is 0 Å². The molecule has 1 aliphatic heterocycles. The second-order valence-electron chi connectivity index (χ2n) is 6.87. The average molecular weight is 374 g/mol. The van der Waals surface area contributed by atoms with Crippen molar-refractivity contribution in [2.24, 2.45) is 5.92 Å². The van der Waals surface area contributed by atoms with E-state index < -0.39 is 23.3 Å². The number of amides is 1. The lowest BCUT2D eigenvalue weighted by atomic mass is 10.0. The molecule has 8 nitrogen and oxygen atoms in total. The van der Waals surface area contributed by atoms with Gasteiger partial charge in [0.25, 0.3) is 5.91 Å². The lowest BCUT2D eigenvalue weighted by molar-refractivity contribution is -0.139. The van der Waals surface area contributed by atoms with E-state index in [9.17, 15) is 19.5 Å². The lowest BCUT2D eigenvalue weighted by Gasteiger charge is -2.17. The van der Waals surface area contributed by atoms with Crippen LogP contribution in [0.25, 0.3) is 10.9 Å². The van der Waals surface area contributed by atoms with E-state index in [0.29, 0.717) is 28.9 Å². The van der Waals surface area contributed by atoms with Crippen molar-refractivity contribution in [3.63, 3.8) is 0 Å². The summed E-state index contributed by atoms with van der Waals surface area (Å²) in [7, 11) is 0. The molecule has 27 heavy (non-hydrogen) atoms. The molecule has 144 valence electrons. The molecule has 1 atom stereocenters. The summed E-state index contributed by atoms with van der Waals surface area (Å²) in [4.78, 5) is 37.0. The van der Waals surface area contributed by atoms with Gasteiger partial charge >= 0.3 is 5.97 Å². The number of rotatable bonds is 6. The highest BCUT2D eigenvalue weighted by atomic mass is 16.7. The van der Waals surface area contributed by atoms with E-state index in [1.807, 2.05) is 20.8 Å². The third kappa shape index (κ3) is 3.60. The minimum absolute atomic E-state index is 0.0782. The van der Waals surface area contributed by atoms with Crippen LogP contribution in [-0.2, 0) is 11.3 Å². The Bertz CT molecular complexity index is 963. The van der Waals surface area contributed by atoms with Crippen molar-refractivity contribution < 1.29 is 24.2 Å². The first kappa shape index (κ1) is 18.8. The molecule has 0 saturated heterocycles. The lowest BCUT2D eigenvalue weighted by Crippen LogP contribution is -2.43. The Kier molecular flexibility index (Phi) is 5.07. The number of nitrogens with one attached hydrogen (secondary N) is 1. The van der Waals surface area contributed by atoms with Gasteiger partial charge in [0.2, 0.25) is 12.2 Å². The number of carbonyl (C=O) groups is 2. The number of aryl methyl sites for hydroxylation is 1. The Morgan fingerprint density at radius 1 is 1.26 bits per heavy atom. The normalized spacial score (nSPS) is 13.8. The summed E-state index contributed by atoms with van der Waals surface area (Å²) >= 11 is 0. The smallest absolute Gasteiger partial charge is 0.326 e. The number of carbonyl (C=O) groups excluding carboxylic acids is 1. The molecule has 2 aromatic rings. The number of carboxylic acid groups (broad SMARTS) is 1. The molecule has 0 unspecified atom stereocenters. The molecule has 0 bridgehead atoms. The Hall–Kier alpha value is -3.03. The summed E-state index contributed by atoms with van der Waals surface area (Å²) in [6.45, 7) is 6.21. The fourth-order valence-electron chi connectivity index (χ4n) is 3.13. The highest BCUT2D eigenvalue weighted by Crippen LogP contribution is 2.35. The largest absolute Gasteiger partial charge is 0.480 e. The molecule has 0 radical (unpaired) electrons. The standard InChI is InChI=1S/C19H22N2O6/c1-4-21-8-12(18(23)20-13(19(24)25)5-10(2)3)17(22)11-6-15-16(7-14(11)21)27-9-26-15/h6-8,10,13H,4-5,9H2,1-3H3,(H,20,23)(H,24,25)/t13-/m0/s1. The first-order valence-electron chi connectivity index (χ1n) is 8.82. The summed E-state index contributed by atoms with van der Waals surface area (Å²) in [6, 6.07) is 2.22. The van der Waals surface area contributed by atoms with Gasteiger partial charge < -0.3 is 24.5 Å². The summed E-state index contributed by atoms with van der Waals surface area (Å²) in [6.07, 6.45) is 1.73. The summed E-state index contributed by atoms with van der Waals surface area (Å²) in [5.74, 6) is -0.755. The molecule has 8 heteroatoms. The molecule has 3 rings (SSSR count). The molecule has 1 aliphatic rings. The van der Waals surface area contributed by atoms with Gasteiger partial charge in [-0.25, -0.2) is 4.79 Å². The monoisotopic (exact) mass is 374 g/mol. The van der Waals surface area contributed by atoms with Crippen LogP contribution in [0.5, 0.6) is 11.5 Å². The molecule has 0 spiro atoms. The van der Waals surface area contributed by atoms with E-state index in [1.165, 1.54) is 6.20 Å². The van der Waals surface area contributed by atoms with Crippen molar-refractivity contribution in [1.82, 2.24) is 9.88 Å². The topological polar surface area (TPSA) is 107 Å². The Labute approximate surface area is 155 Å². The molecule has 1 aromatic heterocycles. The Balaban J connectivity index is 2.05. The van der Waals surface area contributed by atoms with E-state index in [1.54, 1.807) is 16.7 Å². The number of nitrogens with zero attached hydrogens (tertiary/aromatic N) is 1. The molecular weight excluding hydrogens is 352 g/mol. The fraction of sp³-hybridized carbons (Fsp3) is 0.421. The third-order valence-electron chi connectivity index (χ3n) is 4.47. The van der Waals surface area contributed by atoms with E-state index in [-0.39, 0.29) is 24.7 Å². The maximum absolute atomic E-state index is 12.9. The molecule has 0 fully saturated rings. The molecule has 0 aliphatic carbocycles. The summed E-state index contributed by atoms with van der Waals surface area (Å²) in [5.41, 5.74) is 0.0534. The molecule has 1 aromatic carbocycles. The van der Waals surface area contributed by atoms with Crippen molar-refractivity contribution in [2.75, 3.05) is 6.79 Å². The zero-order chi connectivity index (χ0) is 19.7. The maximum atomic E-state index is 12.9. The average Bonchev–Trinajstić information content (AvgIpc) is 3.07. The van der Waals surface area contributed by atoms with Gasteiger partial charge in [0.15, 0.2) is 11.5 Å². The SMILES string of the molecule is CCn1cc(C(=O)N[C@@H](CC(C)C)C(=O)O)c(=O)c2cc3c(cc21)OCO3. The number of benzene rings is 1. The number of aliphatic carboxylic acids is 1. The zero-order valence-corrected chi connectivity index (χ0v) is 15.4. The second kappa shape index (κ2) is 7.30. The predicted molar refractivity (Wildman–Crippen MR) is 98.4 cm³/mol. The van der Waals surface area contributed by atoms with E-state index >= 15 is 0 Å². The van der Waals surface area contributed by atoms with Crippen LogP contribution in [-0.4, -0.2) is 34.4 Å². The number of fused-ring (bicyclic) bond motifs is 2. The van der Waals surface area contributed by atoms with Crippen LogP contribution in [0, 0.1) is 5.92 Å². The second-order valence-corrected chi connectivity index (χ2v) is 6.87. The predicted octanol–water partition coefficient (Wildman–Crippen LogP) is 1.98. The van der Waals surface area contributed by atoms with Crippen LogP contribution in [0.15, 0.2) is 23.1 Å². The number of carboxylic acids is 1. The van der Waals surface area contributed by atoms with Gasteiger partial charge in [0, 0.05) is 18.8 Å². The number of hydrogen-bond acceptors (Lipinski definition) is 5. The molecular formula is C19H22N2O6. The van der Waals surface area contributed by atoms with Gasteiger partial charge in [-0.3, -0.25) is 9.59 Å². The van der Waals surface area contributed by atoms with Gasteiger partial charge in [-0.1, -0.05) is 13.8 Å². The van der Waals surface area contributed by atoms with Crippen LogP contribution < -0.4 is 20.2 Å². The van der Waals surface area contributed by atoms with Crippen LogP contribution in [0.4, 0.5) is 0 Å². The minimum atomic E-state index is -1.13. The van der Waals surface area contributed by atoms with Crippen molar-refractivity contribution in [2.45, 2.75) is 39.8 Å². The quantitative estimate of drug-likeness (QED) is 0.801. The summed E-state index contributed by atoms with van der Waals surface area (Å²) < 4.78 is 12.4. The molecule has 2 heterocycles. The van der Waals surface area contributed by atoms with Crippen molar-refractivity contribution in [3.05, 3.63) is 34.1 Å². The number of pyridine rings is 1. The van der Waals surface area contributed by atoms with Gasteiger partial charge in [0.1, 0.15) is 11.6 Å². The minimum Gasteiger partial charge on any atom is -0.480 e.